The van der Waals surface area contributed by atoms with Gasteiger partial charge in [0.2, 0.25) is 0 Å². The topological polar surface area (TPSA) is 62.4 Å². The number of thiocarbonyl (C=S) groups is 1. The monoisotopic (exact) mass is 383 g/mol. The van der Waals surface area contributed by atoms with Crippen LogP contribution >= 0.6 is 35.2 Å². The van der Waals surface area contributed by atoms with Crippen LogP contribution in [-0.2, 0) is 9.53 Å². The Morgan fingerprint density at radius 2 is 2.17 bits per heavy atom. The molecule has 1 heterocycles. The van der Waals surface area contributed by atoms with Gasteiger partial charge in [-0.15, -0.1) is 11.3 Å². The molecule has 0 spiro atoms. The molecule has 0 fully saturated rings. The number of carbonyl (C=O) groups excluding carboxylic acids is 1. The quantitative estimate of drug-likeness (QED) is 0.420. The van der Waals surface area contributed by atoms with Crippen LogP contribution in [0, 0.1) is 0 Å². The van der Waals surface area contributed by atoms with Gasteiger partial charge < -0.3 is 10.1 Å². The fourth-order valence-corrected chi connectivity index (χ4v) is 3.65. The van der Waals surface area contributed by atoms with Crippen LogP contribution in [0.1, 0.15) is 11.8 Å². The maximum Gasteiger partial charge on any atom is 0.262 e. The van der Waals surface area contributed by atoms with Gasteiger partial charge in [0.25, 0.3) is 5.91 Å². The van der Waals surface area contributed by atoms with Crippen molar-refractivity contribution in [2.24, 2.45) is 0 Å². The molecule has 1 atom stereocenters. The molecule has 0 saturated heterocycles. The molecule has 0 aliphatic heterocycles. The maximum absolute atomic E-state index is 11.8. The van der Waals surface area contributed by atoms with Crippen molar-refractivity contribution < 1.29 is 9.53 Å². The first kappa shape index (κ1) is 18.7. The van der Waals surface area contributed by atoms with E-state index in [2.05, 4.69) is 16.2 Å². The zero-order valence-electron chi connectivity index (χ0n) is 13.3. The van der Waals surface area contributed by atoms with Crippen molar-refractivity contribution >= 4 is 62.3 Å². The summed E-state index contributed by atoms with van der Waals surface area (Å²) in [6.45, 7) is 2.43. The molecule has 3 N–H and O–H groups in total. The Bertz CT molecular complexity index is 761. The van der Waals surface area contributed by atoms with E-state index in [0.717, 1.165) is 15.0 Å². The molecule has 0 unspecified atom stereocenters. The van der Waals surface area contributed by atoms with E-state index < -0.39 is 0 Å². The predicted octanol–water partition coefficient (Wildman–Crippen LogP) is 3.10. The third-order valence-electron chi connectivity index (χ3n) is 3.04. The maximum atomic E-state index is 11.8. The number of benzene rings is 1. The fraction of sp³-hybridized carbons (Fsp3) is 0.250. The van der Waals surface area contributed by atoms with Gasteiger partial charge in [-0.1, -0.05) is 29.8 Å². The van der Waals surface area contributed by atoms with Gasteiger partial charge in [0.15, 0.2) is 5.11 Å². The molecule has 8 heteroatoms. The lowest BCUT2D eigenvalue weighted by Crippen LogP contribution is -2.49. The number of hydrazine groups is 1. The van der Waals surface area contributed by atoms with Crippen LogP contribution in [0.4, 0.5) is 0 Å². The first-order chi connectivity index (χ1) is 11.5. The molecule has 5 nitrogen and oxygen atoms in total. The Morgan fingerprint density at radius 1 is 1.42 bits per heavy atom. The van der Waals surface area contributed by atoms with E-state index in [-0.39, 0.29) is 11.9 Å². The lowest BCUT2D eigenvalue weighted by molar-refractivity contribution is -0.116. The number of thiophene rings is 1. The van der Waals surface area contributed by atoms with Crippen LogP contribution in [-0.4, -0.2) is 30.8 Å². The number of nitrogens with one attached hydrogen (secondary N) is 3. The lowest BCUT2D eigenvalue weighted by atomic mass is 10.2. The highest BCUT2D eigenvalue weighted by molar-refractivity contribution is 7.80. The summed E-state index contributed by atoms with van der Waals surface area (Å²) < 4.78 is 6.08. The molecular weight excluding hydrogens is 366 g/mol. The number of fused-ring (bicyclic) bond motifs is 1. The van der Waals surface area contributed by atoms with Crippen molar-refractivity contribution in [1.82, 2.24) is 16.2 Å². The Labute approximate surface area is 155 Å². The summed E-state index contributed by atoms with van der Waals surface area (Å²) in [4.78, 5) is 12.7. The normalized spacial score (nSPS) is 12.3. The van der Waals surface area contributed by atoms with Crippen LogP contribution < -0.4 is 16.2 Å². The van der Waals surface area contributed by atoms with E-state index >= 15 is 0 Å². The highest BCUT2D eigenvalue weighted by Crippen LogP contribution is 2.35. The van der Waals surface area contributed by atoms with Gasteiger partial charge in [-0.05, 0) is 31.3 Å². The second-order valence-electron chi connectivity index (χ2n) is 5.05. The van der Waals surface area contributed by atoms with E-state index in [1.165, 1.54) is 17.4 Å². The molecule has 0 radical (unpaired) electrons. The van der Waals surface area contributed by atoms with E-state index in [1.54, 1.807) is 13.2 Å². The summed E-state index contributed by atoms with van der Waals surface area (Å²) in [7, 11) is 1.61. The Morgan fingerprint density at radius 3 is 2.88 bits per heavy atom. The summed E-state index contributed by atoms with van der Waals surface area (Å²) in [6.07, 6.45) is 3.10. The molecule has 0 saturated carbocycles. The number of carbonyl (C=O) groups is 1. The first-order valence-corrected chi connectivity index (χ1v) is 8.82. The highest BCUT2D eigenvalue weighted by atomic mass is 35.5. The Balaban J connectivity index is 1.88. The number of hydrogen-bond donors (Lipinski definition) is 3. The van der Waals surface area contributed by atoms with Gasteiger partial charge >= 0.3 is 0 Å². The summed E-state index contributed by atoms with van der Waals surface area (Å²) in [5, 5.41) is 4.93. The van der Waals surface area contributed by atoms with Crippen LogP contribution in [0.3, 0.4) is 0 Å². The molecule has 0 aliphatic carbocycles. The van der Waals surface area contributed by atoms with Gasteiger partial charge in [0, 0.05) is 34.2 Å². The zero-order chi connectivity index (χ0) is 17.5. The molecule has 0 aliphatic rings. The average molecular weight is 384 g/mol. The molecule has 2 aromatic rings. The van der Waals surface area contributed by atoms with E-state index in [1.807, 2.05) is 31.2 Å². The van der Waals surface area contributed by atoms with E-state index in [4.69, 9.17) is 28.6 Å². The first-order valence-electron chi connectivity index (χ1n) is 7.21. The van der Waals surface area contributed by atoms with Gasteiger partial charge in [0.1, 0.15) is 0 Å². The zero-order valence-corrected chi connectivity index (χ0v) is 15.6. The van der Waals surface area contributed by atoms with Crippen LogP contribution in [0.2, 0.25) is 5.02 Å². The third kappa shape index (κ3) is 5.17. The Kier molecular flexibility index (Phi) is 6.99. The van der Waals surface area contributed by atoms with Crippen molar-refractivity contribution in [2.75, 3.05) is 13.7 Å². The number of hydrogen-bond acceptors (Lipinski definition) is 4. The van der Waals surface area contributed by atoms with Crippen LogP contribution in [0.25, 0.3) is 16.2 Å². The fourth-order valence-electron chi connectivity index (χ4n) is 2.00. The largest absolute Gasteiger partial charge is 0.383 e. The summed E-state index contributed by atoms with van der Waals surface area (Å²) in [6, 6.07) is 7.88. The number of halogens is 1. The minimum absolute atomic E-state index is 0.0415. The number of ether oxygens (including phenoxy) is 1. The van der Waals surface area contributed by atoms with Crippen molar-refractivity contribution in [3.05, 3.63) is 40.2 Å². The van der Waals surface area contributed by atoms with Crippen molar-refractivity contribution in [1.29, 1.82) is 0 Å². The average Bonchev–Trinajstić information content (AvgIpc) is 2.88. The van der Waals surface area contributed by atoms with Gasteiger partial charge in [-0.25, -0.2) is 0 Å². The van der Waals surface area contributed by atoms with E-state index in [0.29, 0.717) is 16.7 Å². The van der Waals surface area contributed by atoms with Crippen molar-refractivity contribution in [2.45, 2.75) is 13.0 Å². The standard InChI is InChI=1S/C16H18ClN3O2S2/c1-10(9-22-2)18-16(23)20-19-14(21)8-7-13-15(17)11-5-3-4-6-12(11)24-13/h3-8,10H,9H2,1-2H3,(H,19,21)(H2,18,20,23)/b8-7+/t10-/m1/s1. The molecule has 1 amide bonds. The lowest BCUT2D eigenvalue weighted by Gasteiger charge is -2.15. The van der Waals surface area contributed by atoms with Crippen molar-refractivity contribution in [3.8, 4) is 0 Å². The predicted molar refractivity (Wildman–Crippen MR) is 104 cm³/mol. The Hall–Kier alpha value is -1.67. The molecule has 1 aromatic carbocycles. The smallest absolute Gasteiger partial charge is 0.262 e. The number of methoxy groups -OCH3 is 1. The van der Waals surface area contributed by atoms with Crippen LogP contribution in [0.15, 0.2) is 30.3 Å². The molecule has 1 aromatic heterocycles. The second kappa shape index (κ2) is 8.98. The summed E-state index contributed by atoms with van der Waals surface area (Å²) >= 11 is 12.9. The number of amides is 1. The molecule has 128 valence electrons. The molecule has 24 heavy (non-hydrogen) atoms. The molecule has 2 rings (SSSR count). The van der Waals surface area contributed by atoms with E-state index in [9.17, 15) is 4.79 Å². The van der Waals surface area contributed by atoms with Gasteiger partial charge in [-0.3, -0.25) is 15.6 Å². The summed E-state index contributed by atoms with van der Waals surface area (Å²) in [5.41, 5.74) is 5.13. The summed E-state index contributed by atoms with van der Waals surface area (Å²) in [5.74, 6) is -0.327. The van der Waals surface area contributed by atoms with Crippen molar-refractivity contribution in [3.63, 3.8) is 0 Å². The number of rotatable bonds is 5. The molecule has 0 bridgehead atoms. The SMILES string of the molecule is COC[C@@H](C)NC(=S)NNC(=O)/C=C/c1sc2ccccc2c1Cl. The minimum Gasteiger partial charge on any atom is -0.383 e. The third-order valence-corrected chi connectivity index (χ3v) is 4.91. The molecular formula is C16H18ClN3O2S2. The highest BCUT2D eigenvalue weighted by Gasteiger charge is 2.08. The van der Waals surface area contributed by atoms with Gasteiger partial charge in [0.05, 0.1) is 11.6 Å². The second-order valence-corrected chi connectivity index (χ2v) is 6.92. The minimum atomic E-state index is -0.327. The van der Waals surface area contributed by atoms with Crippen LogP contribution in [0.5, 0.6) is 0 Å². The van der Waals surface area contributed by atoms with Gasteiger partial charge in [-0.2, -0.15) is 0 Å².